The normalized spacial score (nSPS) is 17.6. The van der Waals surface area contributed by atoms with Crippen LogP contribution in [0.3, 0.4) is 0 Å². The maximum absolute atomic E-state index is 12.0. The lowest BCUT2D eigenvalue weighted by Gasteiger charge is -2.26. The molecule has 2 atom stereocenters. The standard InChI is InChI=1S/C21H28N2O4/c1-4-17(20(24)25)23-18-8-6-5-7-15(18)16-11-14(9-10-19(16)23)22-21(26)27-12-13(2)3/h5-8,13-14,17H,4,9-12H2,1-3H3,(H,22,26)(H,24,25)/t14-,17?/m0/s1. The third-order valence-electron chi connectivity index (χ3n) is 5.16. The van der Waals surface area contributed by atoms with Crippen LogP contribution in [0, 0.1) is 5.92 Å². The molecule has 1 aliphatic carbocycles. The molecule has 27 heavy (non-hydrogen) atoms. The van der Waals surface area contributed by atoms with Gasteiger partial charge in [0.25, 0.3) is 0 Å². The molecule has 2 aromatic rings. The van der Waals surface area contributed by atoms with Crippen LogP contribution in [0.4, 0.5) is 4.79 Å². The van der Waals surface area contributed by atoms with Crippen molar-refractivity contribution in [3.05, 3.63) is 35.5 Å². The minimum absolute atomic E-state index is 0.00122. The molecule has 1 unspecified atom stereocenters. The van der Waals surface area contributed by atoms with Crippen LogP contribution >= 0.6 is 0 Å². The van der Waals surface area contributed by atoms with Crippen molar-refractivity contribution in [3.8, 4) is 0 Å². The zero-order valence-corrected chi connectivity index (χ0v) is 16.2. The molecule has 0 spiro atoms. The molecule has 1 aromatic heterocycles. The van der Waals surface area contributed by atoms with Gasteiger partial charge in [-0.25, -0.2) is 9.59 Å². The number of hydrogen-bond acceptors (Lipinski definition) is 3. The highest BCUT2D eigenvalue weighted by Gasteiger charge is 2.30. The maximum Gasteiger partial charge on any atom is 0.407 e. The summed E-state index contributed by atoms with van der Waals surface area (Å²) in [7, 11) is 0. The molecule has 1 heterocycles. The molecule has 146 valence electrons. The van der Waals surface area contributed by atoms with E-state index in [1.54, 1.807) is 0 Å². The number of hydrogen-bond donors (Lipinski definition) is 2. The van der Waals surface area contributed by atoms with Gasteiger partial charge in [-0.05, 0) is 43.2 Å². The summed E-state index contributed by atoms with van der Waals surface area (Å²) in [6.45, 7) is 6.31. The lowest BCUT2D eigenvalue weighted by Crippen LogP contribution is -2.39. The third-order valence-corrected chi connectivity index (χ3v) is 5.16. The number of carboxylic acids is 1. The summed E-state index contributed by atoms with van der Waals surface area (Å²) in [4.78, 5) is 23.8. The number of para-hydroxylation sites is 1. The second kappa shape index (κ2) is 8.03. The summed E-state index contributed by atoms with van der Waals surface area (Å²) in [5.74, 6) is -0.507. The molecule has 6 nitrogen and oxygen atoms in total. The first-order valence-corrected chi connectivity index (χ1v) is 9.69. The third kappa shape index (κ3) is 3.94. The molecule has 2 N–H and O–H groups in total. The summed E-state index contributed by atoms with van der Waals surface area (Å²) in [6, 6.07) is 7.37. The second-order valence-electron chi connectivity index (χ2n) is 7.65. The van der Waals surface area contributed by atoms with E-state index < -0.39 is 12.0 Å². The van der Waals surface area contributed by atoms with E-state index in [2.05, 4.69) is 5.32 Å². The van der Waals surface area contributed by atoms with Crippen molar-refractivity contribution < 1.29 is 19.4 Å². The van der Waals surface area contributed by atoms with Crippen molar-refractivity contribution in [2.24, 2.45) is 5.92 Å². The van der Waals surface area contributed by atoms with E-state index in [9.17, 15) is 14.7 Å². The van der Waals surface area contributed by atoms with Crippen LogP contribution < -0.4 is 5.32 Å². The lowest BCUT2D eigenvalue weighted by atomic mass is 9.91. The quantitative estimate of drug-likeness (QED) is 0.805. The Hall–Kier alpha value is -2.50. The summed E-state index contributed by atoms with van der Waals surface area (Å²) >= 11 is 0. The smallest absolute Gasteiger partial charge is 0.407 e. The van der Waals surface area contributed by atoms with E-state index in [1.165, 1.54) is 0 Å². The second-order valence-corrected chi connectivity index (χ2v) is 7.65. The molecular weight excluding hydrogens is 344 g/mol. The molecule has 1 amide bonds. The number of ether oxygens (including phenoxy) is 1. The Morgan fingerprint density at radius 1 is 1.33 bits per heavy atom. The maximum atomic E-state index is 12.0. The van der Waals surface area contributed by atoms with Gasteiger partial charge in [0.1, 0.15) is 6.04 Å². The van der Waals surface area contributed by atoms with E-state index in [4.69, 9.17) is 4.74 Å². The van der Waals surface area contributed by atoms with Crippen LogP contribution in [0.15, 0.2) is 24.3 Å². The number of fused-ring (bicyclic) bond motifs is 3. The van der Waals surface area contributed by atoms with Gasteiger partial charge in [0, 0.05) is 22.6 Å². The number of rotatable bonds is 6. The number of benzene rings is 1. The highest BCUT2D eigenvalue weighted by Crippen LogP contribution is 2.35. The van der Waals surface area contributed by atoms with E-state index in [-0.39, 0.29) is 12.1 Å². The Labute approximate surface area is 159 Å². The lowest BCUT2D eigenvalue weighted by molar-refractivity contribution is -0.140. The molecule has 1 aliphatic rings. The monoisotopic (exact) mass is 372 g/mol. The number of alkyl carbamates (subject to hydrolysis) is 1. The van der Waals surface area contributed by atoms with Crippen LogP contribution in [-0.4, -0.2) is 34.4 Å². The number of carbonyl (C=O) groups excluding carboxylic acids is 1. The fourth-order valence-electron chi connectivity index (χ4n) is 3.94. The molecule has 6 heteroatoms. The summed E-state index contributed by atoms with van der Waals surface area (Å²) in [6.07, 6.45) is 2.36. The van der Waals surface area contributed by atoms with Crippen molar-refractivity contribution in [2.45, 2.75) is 58.5 Å². The highest BCUT2D eigenvalue weighted by atomic mass is 16.5. The first-order valence-electron chi connectivity index (χ1n) is 9.69. The molecule has 0 fully saturated rings. The predicted octanol–water partition coefficient (Wildman–Crippen LogP) is 3.92. The zero-order chi connectivity index (χ0) is 19.6. The van der Waals surface area contributed by atoms with Crippen LogP contribution in [-0.2, 0) is 22.4 Å². The van der Waals surface area contributed by atoms with Gasteiger partial charge in [0.2, 0.25) is 0 Å². The molecule has 0 aliphatic heterocycles. The fraction of sp³-hybridized carbons (Fsp3) is 0.524. The van der Waals surface area contributed by atoms with Crippen molar-refractivity contribution in [1.29, 1.82) is 0 Å². The molecular formula is C21H28N2O4. The summed E-state index contributed by atoms with van der Waals surface area (Å²) < 4.78 is 7.23. The minimum Gasteiger partial charge on any atom is -0.480 e. The molecule has 1 aromatic carbocycles. The van der Waals surface area contributed by atoms with Crippen molar-refractivity contribution in [3.63, 3.8) is 0 Å². The van der Waals surface area contributed by atoms with Crippen LogP contribution in [0.1, 0.15) is 50.9 Å². The fourth-order valence-corrected chi connectivity index (χ4v) is 3.94. The van der Waals surface area contributed by atoms with Gasteiger partial charge >= 0.3 is 12.1 Å². The van der Waals surface area contributed by atoms with E-state index in [0.29, 0.717) is 25.4 Å². The molecule has 0 saturated heterocycles. The van der Waals surface area contributed by atoms with Gasteiger partial charge in [-0.15, -0.1) is 0 Å². The number of nitrogens with zero attached hydrogens (tertiary/aromatic N) is 1. The number of aromatic nitrogens is 1. The van der Waals surface area contributed by atoms with Crippen LogP contribution in [0.5, 0.6) is 0 Å². The zero-order valence-electron chi connectivity index (χ0n) is 16.2. The summed E-state index contributed by atoms with van der Waals surface area (Å²) in [5.41, 5.74) is 3.18. The first-order chi connectivity index (χ1) is 12.9. The average molecular weight is 372 g/mol. The van der Waals surface area contributed by atoms with E-state index in [0.717, 1.165) is 35.0 Å². The van der Waals surface area contributed by atoms with Crippen LogP contribution in [0.25, 0.3) is 10.9 Å². The van der Waals surface area contributed by atoms with Gasteiger partial charge in [-0.2, -0.15) is 0 Å². The Bertz CT molecular complexity index is 840. The van der Waals surface area contributed by atoms with Gasteiger partial charge in [0.15, 0.2) is 0 Å². The molecule has 0 saturated carbocycles. The molecule has 3 rings (SSSR count). The average Bonchev–Trinajstić information content (AvgIpc) is 2.95. The predicted molar refractivity (Wildman–Crippen MR) is 104 cm³/mol. The first kappa shape index (κ1) is 19.3. The Kier molecular flexibility index (Phi) is 5.73. The number of amides is 1. The number of aliphatic carboxylic acids is 1. The molecule has 0 bridgehead atoms. The van der Waals surface area contributed by atoms with Gasteiger partial charge in [0.05, 0.1) is 6.61 Å². The van der Waals surface area contributed by atoms with Gasteiger partial charge in [-0.3, -0.25) is 0 Å². The van der Waals surface area contributed by atoms with E-state index >= 15 is 0 Å². The van der Waals surface area contributed by atoms with Crippen molar-refractivity contribution >= 4 is 23.0 Å². The summed E-state index contributed by atoms with van der Waals surface area (Å²) in [5, 5.41) is 13.7. The van der Waals surface area contributed by atoms with Gasteiger partial charge < -0.3 is 19.7 Å². The Balaban J connectivity index is 1.89. The van der Waals surface area contributed by atoms with Gasteiger partial charge in [-0.1, -0.05) is 39.0 Å². The number of carboxylic acid groups (broad SMARTS) is 1. The highest BCUT2D eigenvalue weighted by molar-refractivity contribution is 5.88. The largest absolute Gasteiger partial charge is 0.480 e. The van der Waals surface area contributed by atoms with Crippen molar-refractivity contribution in [2.75, 3.05) is 6.61 Å². The Morgan fingerprint density at radius 2 is 2.07 bits per heavy atom. The van der Waals surface area contributed by atoms with Crippen LogP contribution in [0.2, 0.25) is 0 Å². The van der Waals surface area contributed by atoms with E-state index in [1.807, 2.05) is 49.6 Å². The number of carbonyl (C=O) groups is 2. The minimum atomic E-state index is -0.807. The Morgan fingerprint density at radius 3 is 2.74 bits per heavy atom. The van der Waals surface area contributed by atoms with Crippen molar-refractivity contribution in [1.82, 2.24) is 9.88 Å². The molecule has 0 radical (unpaired) electrons. The number of nitrogens with one attached hydrogen (secondary N) is 1. The SMILES string of the molecule is CCC(C(=O)O)n1c2c(c3ccccc31)C[C@@H](NC(=O)OCC(C)C)CC2. The topological polar surface area (TPSA) is 80.6 Å².